The highest BCUT2D eigenvalue weighted by molar-refractivity contribution is 5.79. The Morgan fingerprint density at radius 2 is 2.12 bits per heavy atom. The van der Waals surface area contributed by atoms with E-state index in [1.54, 1.807) is 30.3 Å². The molecule has 3 rings (SSSR count). The Labute approximate surface area is 142 Å². The van der Waals surface area contributed by atoms with Crippen LogP contribution in [-0.4, -0.2) is 33.5 Å². The zero-order valence-corrected chi connectivity index (χ0v) is 13.4. The van der Waals surface area contributed by atoms with Crippen molar-refractivity contribution in [1.82, 2.24) is 14.9 Å². The third-order valence-corrected chi connectivity index (χ3v) is 4.01. The van der Waals surface area contributed by atoms with Gasteiger partial charge in [-0.15, -0.1) is 0 Å². The van der Waals surface area contributed by atoms with E-state index in [0.29, 0.717) is 12.1 Å². The lowest BCUT2D eigenvalue weighted by Gasteiger charge is -2.19. The van der Waals surface area contributed by atoms with Gasteiger partial charge < -0.3 is 9.64 Å². The minimum atomic E-state index is -4.49. The average molecular weight is 351 g/mol. The molecule has 3 heterocycles. The van der Waals surface area contributed by atoms with E-state index in [0.717, 1.165) is 17.8 Å². The second kappa shape index (κ2) is 6.79. The lowest BCUT2D eigenvalue weighted by Crippen LogP contribution is -2.35. The molecule has 1 amide bonds. The van der Waals surface area contributed by atoms with Crippen molar-refractivity contribution in [2.75, 3.05) is 6.54 Å². The number of alkyl halides is 3. The number of ether oxygens (including phenoxy) is 1. The van der Waals surface area contributed by atoms with Gasteiger partial charge in [0, 0.05) is 24.2 Å². The lowest BCUT2D eigenvalue weighted by atomic mass is 10.1. The molecular formula is C17H16F3N3O2. The van der Waals surface area contributed by atoms with E-state index in [2.05, 4.69) is 9.97 Å². The van der Waals surface area contributed by atoms with E-state index in [1.807, 2.05) is 6.07 Å². The second-order valence-electron chi connectivity index (χ2n) is 5.78. The zero-order chi connectivity index (χ0) is 18.0. The number of halogens is 3. The number of nitrogens with zero attached hydrogens (tertiary/aromatic N) is 3. The number of pyridine rings is 2. The molecule has 8 heteroatoms. The predicted molar refractivity (Wildman–Crippen MR) is 82.2 cm³/mol. The van der Waals surface area contributed by atoms with Gasteiger partial charge in [-0.25, -0.2) is 0 Å². The summed E-state index contributed by atoms with van der Waals surface area (Å²) in [6.45, 7) is 2.14. The van der Waals surface area contributed by atoms with Gasteiger partial charge in [-0.05, 0) is 24.6 Å². The van der Waals surface area contributed by atoms with Crippen LogP contribution in [0.2, 0.25) is 0 Å². The van der Waals surface area contributed by atoms with E-state index in [9.17, 15) is 18.0 Å². The highest BCUT2D eigenvalue weighted by atomic mass is 19.4. The Morgan fingerprint density at radius 3 is 2.72 bits per heavy atom. The quantitative estimate of drug-likeness (QED) is 0.853. The molecule has 0 aromatic carbocycles. The number of rotatable bonds is 3. The van der Waals surface area contributed by atoms with Gasteiger partial charge in [0.1, 0.15) is 18.0 Å². The zero-order valence-electron chi connectivity index (χ0n) is 13.4. The van der Waals surface area contributed by atoms with Crippen molar-refractivity contribution in [3.05, 3.63) is 59.7 Å². The molecule has 0 spiro atoms. The van der Waals surface area contributed by atoms with Crippen LogP contribution in [0.25, 0.3) is 0 Å². The molecule has 1 aliphatic heterocycles. The fourth-order valence-corrected chi connectivity index (χ4v) is 2.71. The Morgan fingerprint density at radius 1 is 1.32 bits per heavy atom. The van der Waals surface area contributed by atoms with E-state index in [-0.39, 0.29) is 18.4 Å². The SMILES string of the molecule is CC1OC(c2cccnc2)CN1C(=O)Cc1ccc(C(F)(F)F)nc1. The summed E-state index contributed by atoms with van der Waals surface area (Å²) in [7, 11) is 0. The number of aromatic nitrogens is 2. The maximum Gasteiger partial charge on any atom is 0.433 e. The van der Waals surface area contributed by atoms with Gasteiger partial charge in [-0.2, -0.15) is 13.2 Å². The third-order valence-electron chi connectivity index (χ3n) is 4.01. The van der Waals surface area contributed by atoms with Crippen LogP contribution < -0.4 is 0 Å². The molecule has 0 bridgehead atoms. The summed E-state index contributed by atoms with van der Waals surface area (Å²) in [6, 6.07) is 5.82. The molecule has 2 atom stereocenters. The predicted octanol–water partition coefficient (Wildman–Crippen LogP) is 2.98. The molecular weight excluding hydrogens is 335 g/mol. The van der Waals surface area contributed by atoms with Crippen molar-refractivity contribution in [1.29, 1.82) is 0 Å². The van der Waals surface area contributed by atoms with Gasteiger partial charge in [0.25, 0.3) is 0 Å². The monoisotopic (exact) mass is 351 g/mol. The van der Waals surface area contributed by atoms with Crippen LogP contribution in [0.5, 0.6) is 0 Å². The fraction of sp³-hybridized carbons (Fsp3) is 0.353. The van der Waals surface area contributed by atoms with E-state index >= 15 is 0 Å². The first-order chi connectivity index (χ1) is 11.8. The topological polar surface area (TPSA) is 55.3 Å². The van der Waals surface area contributed by atoms with Crippen LogP contribution in [0.1, 0.15) is 29.8 Å². The van der Waals surface area contributed by atoms with Crippen molar-refractivity contribution in [3.8, 4) is 0 Å². The molecule has 0 saturated carbocycles. The summed E-state index contributed by atoms with van der Waals surface area (Å²) in [4.78, 5) is 21.4. The molecule has 1 saturated heterocycles. The first-order valence-electron chi connectivity index (χ1n) is 7.71. The van der Waals surface area contributed by atoms with Crippen LogP contribution in [0.3, 0.4) is 0 Å². The highest BCUT2D eigenvalue weighted by Crippen LogP contribution is 2.29. The van der Waals surface area contributed by atoms with Gasteiger partial charge >= 0.3 is 6.18 Å². The van der Waals surface area contributed by atoms with Crippen molar-refractivity contribution in [2.24, 2.45) is 0 Å². The van der Waals surface area contributed by atoms with Crippen molar-refractivity contribution < 1.29 is 22.7 Å². The lowest BCUT2D eigenvalue weighted by molar-refractivity contribution is -0.141. The fourth-order valence-electron chi connectivity index (χ4n) is 2.71. The number of carbonyl (C=O) groups is 1. The Hall–Kier alpha value is -2.48. The molecule has 0 aliphatic carbocycles. The molecule has 1 fully saturated rings. The Kier molecular flexibility index (Phi) is 4.71. The normalized spacial score (nSPS) is 20.7. The molecule has 2 unspecified atom stereocenters. The van der Waals surface area contributed by atoms with E-state index in [4.69, 9.17) is 4.74 Å². The average Bonchev–Trinajstić information content (AvgIpc) is 2.97. The highest BCUT2D eigenvalue weighted by Gasteiger charge is 2.35. The van der Waals surface area contributed by atoms with Gasteiger partial charge in [0.2, 0.25) is 5.91 Å². The summed E-state index contributed by atoms with van der Waals surface area (Å²) in [6.07, 6.45) is -0.775. The van der Waals surface area contributed by atoms with Gasteiger partial charge in [-0.3, -0.25) is 14.8 Å². The Balaban J connectivity index is 1.65. The van der Waals surface area contributed by atoms with Crippen LogP contribution in [0.15, 0.2) is 42.9 Å². The van der Waals surface area contributed by atoms with Crippen LogP contribution >= 0.6 is 0 Å². The summed E-state index contributed by atoms with van der Waals surface area (Å²) in [5.74, 6) is -0.222. The molecule has 5 nitrogen and oxygen atoms in total. The van der Waals surface area contributed by atoms with E-state index in [1.165, 1.54) is 6.07 Å². The van der Waals surface area contributed by atoms with Crippen molar-refractivity contribution in [3.63, 3.8) is 0 Å². The van der Waals surface area contributed by atoms with Crippen molar-refractivity contribution in [2.45, 2.75) is 31.9 Å². The number of hydrogen-bond acceptors (Lipinski definition) is 4. The summed E-state index contributed by atoms with van der Waals surface area (Å²) < 4.78 is 43.4. The van der Waals surface area contributed by atoms with Gasteiger partial charge in [-0.1, -0.05) is 12.1 Å². The molecule has 25 heavy (non-hydrogen) atoms. The van der Waals surface area contributed by atoms with Crippen LogP contribution in [0, 0.1) is 0 Å². The van der Waals surface area contributed by atoms with Crippen LogP contribution in [0.4, 0.5) is 13.2 Å². The molecule has 1 aliphatic rings. The molecule has 2 aromatic heterocycles. The minimum absolute atomic E-state index is 0.0292. The van der Waals surface area contributed by atoms with Gasteiger partial charge in [0.15, 0.2) is 0 Å². The summed E-state index contributed by atoms with van der Waals surface area (Å²) in [5.41, 5.74) is 0.328. The Bertz CT molecular complexity index is 735. The molecule has 2 aromatic rings. The first-order valence-corrected chi connectivity index (χ1v) is 7.71. The summed E-state index contributed by atoms with van der Waals surface area (Å²) in [5, 5.41) is 0. The maximum atomic E-state index is 12.5. The number of hydrogen-bond donors (Lipinski definition) is 0. The molecule has 0 N–H and O–H groups in total. The number of carbonyl (C=O) groups excluding carboxylic acids is 1. The largest absolute Gasteiger partial charge is 0.433 e. The summed E-state index contributed by atoms with van der Waals surface area (Å²) >= 11 is 0. The molecule has 0 radical (unpaired) electrons. The smallest absolute Gasteiger partial charge is 0.349 e. The van der Waals surface area contributed by atoms with E-state index < -0.39 is 18.1 Å². The first kappa shape index (κ1) is 17.3. The van der Waals surface area contributed by atoms with Gasteiger partial charge in [0.05, 0.1) is 13.0 Å². The minimum Gasteiger partial charge on any atom is -0.349 e. The van der Waals surface area contributed by atoms with Crippen molar-refractivity contribution >= 4 is 5.91 Å². The second-order valence-corrected chi connectivity index (χ2v) is 5.78. The number of amides is 1. The molecule has 132 valence electrons. The standard InChI is InChI=1S/C17H16F3N3O2/c1-11-23(10-14(25-11)13-3-2-6-21-9-13)16(24)7-12-4-5-15(22-8-12)17(18,19)20/h2-6,8-9,11,14H,7,10H2,1H3. The van der Waals surface area contributed by atoms with Crippen LogP contribution in [-0.2, 0) is 22.1 Å². The maximum absolute atomic E-state index is 12.5. The third kappa shape index (κ3) is 3.96.